The molecular formula is C22H45NO4. The fraction of sp³-hybridized carbons (Fsp3) is 0.955. The molecule has 0 aromatic rings. The van der Waals surface area contributed by atoms with Crippen LogP contribution in [-0.4, -0.2) is 58.1 Å². The molecule has 5 heteroatoms. The standard InChI is InChI=1S/C22H45NO4/c1-5-6-7-8-9-10-11-12-13-14-16-21(17-20-25-4)27-22(24)26-19-15-18-23(2)3/h21H,5-20H2,1-4H3. The monoisotopic (exact) mass is 387 g/mol. The summed E-state index contributed by atoms with van der Waals surface area (Å²) in [4.78, 5) is 13.9. The summed E-state index contributed by atoms with van der Waals surface area (Å²) in [6, 6.07) is 0. The average molecular weight is 388 g/mol. The number of ether oxygens (including phenoxy) is 3. The van der Waals surface area contributed by atoms with E-state index in [1.54, 1.807) is 7.11 Å². The van der Waals surface area contributed by atoms with E-state index in [1.165, 1.54) is 57.8 Å². The summed E-state index contributed by atoms with van der Waals surface area (Å²) >= 11 is 0. The Hall–Kier alpha value is -0.810. The maximum atomic E-state index is 11.8. The Bertz CT molecular complexity index is 323. The van der Waals surface area contributed by atoms with Gasteiger partial charge in [-0.2, -0.15) is 0 Å². The molecule has 0 rings (SSSR count). The van der Waals surface area contributed by atoms with Crippen LogP contribution < -0.4 is 0 Å². The lowest BCUT2D eigenvalue weighted by Crippen LogP contribution is -2.22. The minimum absolute atomic E-state index is 0.0969. The molecule has 0 aliphatic carbocycles. The Kier molecular flexibility index (Phi) is 19.3. The van der Waals surface area contributed by atoms with Crippen LogP contribution in [0.5, 0.6) is 0 Å². The highest BCUT2D eigenvalue weighted by Gasteiger charge is 2.15. The van der Waals surface area contributed by atoms with Crippen molar-refractivity contribution < 1.29 is 19.0 Å². The van der Waals surface area contributed by atoms with Crippen LogP contribution in [-0.2, 0) is 14.2 Å². The fourth-order valence-electron chi connectivity index (χ4n) is 3.08. The lowest BCUT2D eigenvalue weighted by atomic mass is 10.0. The second kappa shape index (κ2) is 19.9. The van der Waals surface area contributed by atoms with E-state index in [0.29, 0.717) is 13.2 Å². The minimum atomic E-state index is -0.540. The van der Waals surface area contributed by atoms with Gasteiger partial charge < -0.3 is 19.1 Å². The second-order valence-electron chi connectivity index (χ2n) is 7.75. The lowest BCUT2D eigenvalue weighted by molar-refractivity contribution is 0.00788. The zero-order valence-corrected chi connectivity index (χ0v) is 18.5. The van der Waals surface area contributed by atoms with Gasteiger partial charge in [-0.15, -0.1) is 0 Å². The molecule has 0 aliphatic heterocycles. The number of rotatable bonds is 19. The first kappa shape index (κ1) is 26.2. The number of nitrogens with zero attached hydrogens (tertiary/aromatic N) is 1. The number of hydrogen-bond donors (Lipinski definition) is 0. The third-order valence-electron chi connectivity index (χ3n) is 4.76. The summed E-state index contributed by atoms with van der Waals surface area (Å²) in [6.07, 6.45) is 14.9. The van der Waals surface area contributed by atoms with E-state index < -0.39 is 6.16 Å². The molecule has 0 fully saturated rings. The summed E-state index contributed by atoms with van der Waals surface area (Å²) in [6.45, 7) is 4.18. The van der Waals surface area contributed by atoms with Crippen molar-refractivity contribution in [2.24, 2.45) is 0 Å². The maximum absolute atomic E-state index is 11.8. The third kappa shape index (κ3) is 19.7. The van der Waals surface area contributed by atoms with Crippen molar-refractivity contribution in [2.75, 3.05) is 41.0 Å². The topological polar surface area (TPSA) is 48.0 Å². The van der Waals surface area contributed by atoms with Crippen LogP contribution in [0.1, 0.15) is 90.4 Å². The van der Waals surface area contributed by atoms with Crippen LogP contribution >= 0.6 is 0 Å². The SMILES string of the molecule is CCCCCCCCCCCCC(CCOC)OC(=O)OCCCN(C)C. The van der Waals surface area contributed by atoms with Crippen LogP contribution in [0.2, 0.25) is 0 Å². The number of hydrogen-bond acceptors (Lipinski definition) is 5. The molecule has 1 atom stereocenters. The van der Waals surface area contributed by atoms with Gasteiger partial charge in [0.05, 0.1) is 6.61 Å². The molecule has 0 aliphatic rings. The van der Waals surface area contributed by atoms with Crippen molar-refractivity contribution >= 4 is 6.16 Å². The molecule has 1 unspecified atom stereocenters. The minimum Gasteiger partial charge on any atom is -0.434 e. The van der Waals surface area contributed by atoms with E-state index in [-0.39, 0.29) is 6.10 Å². The van der Waals surface area contributed by atoms with Gasteiger partial charge in [-0.3, -0.25) is 0 Å². The van der Waals surface area contributed by atoms with Crippen molar-refractivity contribution in [3.63, 3.8) is 0 Å². The summed E-state index contributed by atoms with van der Waals surface area (Å²) in [5.74, 6) is 0. The number of carbonyl (C=O) groups excluding carboxylic acids is 1. The van der Waals surface area contributed by atoms with Crippen molar-refractivity contribution in [3.05, 3.63) is 0 Å². The molecule has 0 N–H and O–H groups in total. The number of unbranched alkanes of at least 4 members (excludes halogenated alkanes) is 9. The van der Waals surface area contributed by atoms with Gasteiger partial charge in [-0.25, -0.2) is 4.79 Å². The fourth-order valence-corrected chi connectivity index (χ4v) is 3.08. The van der Waals surface area contributed by atoms with Gasteiger partial charge >= 0.3 is 6.16 Å². The summed E-state index contributed by atoms with van der Waals surface area (Å²) in [7, 11) is 5.69. The van der Waals surface area contributed by atoms with E-state index in [2.05, 4.69) is 11.8 Å². The van der Waals surface area contributed by atoms with Gasteiger partial charge in [0.25, 0.3) is 0 Å². The molecule has 27 heavy (non-hydrogen) atoms. The van der Waals surface area contributed by atoms with Gasteiger partial charge in [-0.1, -0.05) is 64.7 Å². The largest absolute Gasteiger partial charge is 0.508 e. The first-order valence-electron chi connectivity index (χ1n) is 11.1. The summed E-state index contributed by atoms with van der Waals surface area (Å²) < 4.78 is 15.8. The van der Waals surface area contributed by atoms with E-state index in [0.717, 1.165) is 32.2 Å². The molecule has 0 spiro atoms. The summed E-state index contributed by atoms with van der Waals surface area (Å²) in [5, 5.41) is 0. The molecule has 0 radical (unpaired) electrons. The zero-order valence-electron chi connectivity index (χ0n) is 18.5. The van der Waals surface area contributed by atoms with Gasteiger partial charge in [0, 0.05) is 26.7 Å². The van der Waals surface area contributed by atoms with Crippen LogP contribution in [0.4, 0.5) is 4.79 Å². The van der Waals surface area contributed by atoms with E-state index in [1.807, 2.05) is 14.1 Å². The molecule has 0 saturated heterocycles. The molecule has 0 bridgehead atoms. The van der Waals surface area contributed by atoms with E-state index >= 15 is 0 Å². The first-order valence-corrected chi connectivity index (χ1v) is 11.1. The lowest BCUT2D eigenvalue weighted by Gasteiger charge is -2.17. The highest BCUT2D eigenvalue weighted by molar-refractivity contribution is 5.60. The van der Waals surface area contributed by atoms with Crippen LogP contribution in [0.3, 0.4) is 0 Å². The molecule has 5 nitrogen and oxygen atoms in total. The van der Waals surface area contributed by atoms with Crippen LogP contribution in [0.15, 0.2) is 0 Å². The van der Waals surface area contributed by atoms with Crippen molar-refractivity contribution in [2.45, 2.75) is 96.5 Å². The van der Waals surface area contributed by atoms with Crippen molar-refractivity contribution in [1.29, 1.82) is 0 Å². The Morgan fingerprint density at radius 3 is 1.96 bits per heavy atom. The molecule has 0 aromatic carbocycles. The van der Waals surface area contributed by atoms with Gasteiger partial charge in [0.1, 0.15) is 6.10 Å². The number of carbonyl (C=O) groups is 1. The Balaban J connectivity index is 3.75. The van der Waals surface area contributed by atoms with Gasteiger partial charge in [-0.05, 0) is 33.4 Å². The number of methoxy groups -OCH3 is 1. The zero-order chi connectivity index (χ0) is 20.2. The smallest absolute Gasteiger partial charge is 0.434 e. The molecule has 162 valence electrons. The van der Waals surface area contributed by atoms with Gasteiger partial charge in [0.15, 0.2) is 0 Å². The molecule has 0 amide bonds. The predicted octanol–water partition coefficient (Wildman–Crippen LogP) is 5.81. The van der Waals surface area contributed by atoms with Crippen molar-refractivity contribution in [1.82, 2.24) is 4.90 Å². The highest BCUT2D eigenvalue weighted by Crippen LogP contribution is 2.15. The quantitative estimate of drug-likeness (QED) is 0.207. The molecular weight excluding hydrogens is 342 g/mol. The molecule has 0 heterocycles. The Morgan fingerprint density at radius 1 is 0.815 bits per heavy atom. The highest BCUT2D eigenvalue weighted by atomic mass is 16.7. The molecule has 0 saturated carbocycles. The Morgan fingerprint density at radius 2 is 1.41 bits per heavy atom. The second-order valence-corrected chi connectivity index (χ2v) is 7.75. The van der Waals surface area contributed by atoms with Crippen LogP contribution in [0.25, 0.3) is 0 Å². The normalized spacial score (nSPS) is 12.3. The first-order chi connectivity index (χ1) is 13.1. The van der Waals surface area contributed by atoms with Gasteiger partial charge in [0.2, 0.25) is 0 Å². The Labute approximate surface area is 168 Å². The average Bonchev–Trinajstić information content (AvgIpc) is 2.64. The van der Waals surface area contributed by atoms with E-state index in [9.17, 15) is 4.79 Å². The maximum Gasteiger partial charge on any atom is 0.508 e. The van der Waals surface area contributed by atoms with E-state index in [4.69, 9.17) is 14.2 Å². The van der Waals surface area contributed by atoms with Crippen LogP contribution in [0, 0.1) is 0 Å². The molecule has 0 aromatic heterocycles. The predicted molar refractivity (Wildman–Crippen MR) is 112 cm³/mol. The summed E-state index contributed by atoms with van der Waals surface area (Å²) in [5.41, 5.74) is 0. The van der Waals surface area contributed by atoms with Crippen molar-refractivity contribution in [3.8, 4) is 0 Å². The third-order valence-corrected chi connectivity index (χ3v) is 4.76.